The molecule has 0 radical (unpaired) electrons. The fourth-order valence-corrected chi connectivity index (χ4v) is 2.01. The molecule has 0 saturated heterocycles. The molecule has 0 aromatic carbocycles. The van der Waals surface area contributed by atoms with Crippen LogP contribution in [0.15, 0.2) is 12.0 Å². The Hall–Kier alpha value is 0.0500. The molecule has 10 heavy (non-hydrogen) atoms. The first-order valence-electron chi connectivity index (χ1n) is 3.78. The summed E-state index contributed by atoms with van der Waals surface area (Å²) >= 11 is -0.801. The van der Waals surface area contributed by atoms with Crippen LogP contribution in [-0.4, -0.2) is 9.80 Å². The lowest BCUT2D eigenvalue weighted by atomic mass is 10.2. The third-order valence-corrected chi connectivity index (χ3v) is 3.11. The van der Waals surface area contributed by atoms with E-state index in [1.165, 1.54) is 0 Å². The molecule has 0 aliphatic carbocycles. The SMILES string of the molecule is C=C[S+]([O-])C(CC)CCC. The molecule has 0 spiro atoms. The van der Waals surface area contributed by atoms with Gasteiger partial charge >= 0.3 is 0 Å². The Labute approximate surface area is 66.7 Å². The highest BCUT2D eigenvalue weighted by Crippen LogP contribution is 2.13. The lowest BCUT2D eigenvalue weighted by Gasteiger charge is -2.15. The maximum atomic E-state index is 11.1. The fourth-order valence-electron chi connectivity index (χ4n) is 0.943. The van der Waals surface area contributed by atoms with E-state index in [1.54, 1.807) is 5.41 Å². The second-order valence-electron chi connectivity index (χ2n) is 2.31. The van der Waals surface area contributed by atoms with Gasteiger partial charge in [-0.25, -0.2) is 0 Å². The van der Waals surface area contributed by atoms with Crippen molar-refractivity contribution in [3.05, 3.63) is 12.0 Å². The van der Waals surface area contributed by atoms with Gasteiger partial charge < -0.3 is 4.55 Å². The van der Waals surface area contributed by atoms with Gasteiger partial charge in [-0.05, 0) is 24.0 Å². The maximum Gasteiger partial charge on any atom is 0.120 e. The van der Waals surface area contributed by atoms with Gasteiger partial charge in [0.05, 0.1) is 0 Å². The highest BCUT2D eigenvalue weighted by atomic mass is 32.2. The summed E-state index contributed by atoms with van der Waals surface area (Å²) in [5, 5.41) is 1.88. The summed E-state index contributed by atoms with van der Waals surface area (Å²) in [6.07, 6.45) is 3.15. The van der Waals surface area contributed by atoms with Gasteiger partial charge in [-0.2, -0.15) is 0 Å². The van der Waals surface area contributed by atoms with Crippen LogP contribution in [0.4, 0.5) is 0 Å². The van der Waals surface area contributed by atoms with Gasteiger partial charge in [-0.3, -0.25) is 0 Å². The van der Waals surface area contributed by atoms with Crippen LogP contribution in [0.5, 0.6) is 0 Å². The van der Waals surface area contributed by atoms with E-state index in [9.17, 15) is 4.55 Å². The molecule has 0 aromatic rings. The van der Waals surface area contributed by atoms with Crippen molar-refractivity contribution >= 4 is 11.2 Å². The van der Waals surface area contributed by atoms with Crippen molar-refractivity contribution in [2.75, 3.05) is 0 Å². The number of rotatable bonds is 5. The molecule has 0 aliphatic heterocycles. The zero-order valence-electron chi connectivity index (χ0n) is 6.80. The zero-order chi connectivity index (χ0) is 7.98. The van der Waals surface area contributed by atoms with Crippen LogP contribution in [-0.2, 0) is 11.2 Å². The van der Waals surface area contributed by atoms with Crippen LogP contribution < -0.4 is 0 Å². The zero-order valence-corrected chi connectivity index (χ0v) is 7.62. The Morgan fingerprint density at radius 2 is 2.20 bits per heavy atom. The summed E-state index contributed by atoms with van der Waals surface area (Å²) in [5.41, 5.74) is 0. The Morgan fingerprint density at radius 3 is 2.50 bits per heavy atom. The van der Waals surface area contributed by atoms with E-state index < -0.39 is 11.2 Å². The standard InChI is InChI=1S/C8H16OS/c1-4-7-8(5-2)10(9)6-3/h6,8H,3-5,7H2,1-2H3. The molecule has 0 fully saturated rings. The number of hydrogen-bond donors (Lipinski definition) is 0. The molecule has 1 nitrogen and oxygen atoms in total. The van der Waals surface area contributed by atoms with E-state index in [-0.39, 0.29) is 0 Å². The Balaban J connectivity index is 3.67. The molecule has 0 bridgehead atoms. The smallest absolute Gasteiger partial charge is 0.120 e. The minimum atomic E-state index is -0.801. The van der Waals surface area contributed by atoms with Crippen molar-refractivity contribution in [1.82, 2.24) is 0 Å². The van der Waals surface area contributed by atoms with Crippen molar-refractivity contribution in [3.8, 4) is 0 Å². The second-order valence-corrected chi connectivity index (χ2v) is 3.97. The van der Waals surface area contributed by atoms with Crippen LogP contribution >= 0.6 is 0 Å². The third-order valence-electron chi connectivity index (χ3n) is 1.56. The molecule has 0 aliphatic rings. The monoisotopic (exact) mass is 160 g/mol. The van der Waals surface area contributed by atoms with Crippen molar-refractivity contribution in [2.24, 2.45) is 0 Å². The van der Waals surface area contributed by atoms with E-state index in [0.29, 0.717) is 5.25 Å². The molecular formula is C8H16OS. The fraction of sp³-hybridized carbons (Fsp3) is 0.750. The Bertz CT molecular complexity index is 93.3. The van der Waals surface area contributed by atoms with Gasteiger partial charge in [-0.15, -0.1) is 0 Å². The van der Waals surface area contributed by atoms with Gasteiger partial charge in [0, 0.05) is 0 Å². The van der Waals surface area contributed by atoms with Gasteiger partial charge in [0.15, 0.2) is 0 Å². The summed E-state index contributed by atoms with van der Waals surface area (Å²) in [5.74, 6) is 0. The average molecular weight is 160 g/mol. The molecule has 0 aromatic heterocycles. The van der Waals surface area contributed by atoms with Crippen LogP contribution in [0.3, 0.4) is 0 Å². The summed E-state index contributed by atoms with van der Waals surface area (Å²) in [7, 11) is 0. The molecule has 0 heterocycles. The third kappa shape index (κ3) is 3.28. The van der Waals surface area contributed by atoms with Crippen LogP contribution in [0.1, 0.15) is 33.1 Å². The predicted molar refractivity (Wildman–Crippen MR) is 47.3 cm³/mol. The summed E-state index contributed by atoms with van der Waals surface area (Å²) in [4.78, 5) is 0. The van der Waals surface area contributed by atoms with E-state index in [0.717, 1.165) is 19.3 Å². The predicted octanol–water partition coefficient (Wildman–Crippen LogP) is 2.46. The molecule has 0 rings (SSSR count). The minimum Gasteiger partial charge on any atom is -0.612 e. The van der Waals surface area contributed by atoms with Crippen LogP contribution in [0, 0.1) is 0 Å². The first-order chi connectivity index (χ1) is 4.76. The molecular weight excluding hydrogens is 144 g/mol. The van der Waals surface area contributed by atoms with Crippen molar-refractivity contribution in [2.45, 2.75) is 38.4 Å². The highest BCUT2D eigenvalue weighted by molar-refractivity contribution is 7.94. The highest BCUT2D eigenvalue weighted by Gasteiger charge is 2.15. The molecule has 60 valence electrons. The van der Waals surface area contributed by atoms with Gasteiger partial charge in [0.1, 0.15) is 10.7 Å². The molecule has 2 unspecified atom stereocenters. The molecule has 2 atom stereocenters. The Kier molecular flexibility index (Phi) is 5.84. The lowest BCUT2D eigenvalue weighted by Crippen LogP contribution is -2.17. The number of hydrogen-bond acceptors (Lipinski definition) is 1. The summed E-state index contributed by atoms with van der Waals surface area (Å²) in [6.45, 7) is 7.70. The van der Waals surface area contributed by atoms with Gasteiger partial charge in [0.2, 0.25) is 0 Å². The first kappa shape index (κ1) is 10.0. The molecule has 2 heteroatoms. The van der Waals surface area contributed by atoms with E-state index in [2.05, 4.69) is 20.4 Å². The van der Waals surface area contributed by atoms with E-state index in [1.807, 2.05) is 0 Å². The largest absolute Gasteiger partial charge is 0.612 e. The normalized spacial score (nSPS) is 16.3. The summed E-state index contributed by atoms with van der Waals surface area (Å²) < 4.78 is 11.1. The van der Waals surface area contributed by atoms with Crippen LogP contribution in [0.2, 0.25) is 0 Å². The van der Waals surface area contributed by atoms with Crippen LogP contribution in [0.25, 0.3) is 0 Å². The molecule has 0 saturated carbocycles. The van der Waals surface area contributed by atoms with Crippen molar-refractivity contribution < 1.29 is 4.55 Å². The average Bonchev–Trinajstić information content (AvgIpc) is 1.99. The lowest BCUT2D eigenvalue weighted by molar-refractivity contribution is 0.572. The summed E-state index contributed by atoms with van der Waals surface area (Å²) in [6, 6.07) is 0. The minimum absolute atomic E-state index is 0.336. The van der Waals surface area contributed by atoms with Gasteiger partial charge in [0.25, 0.3) is 0 Å². The van der Waals surface area contributed by atoms with Crippen molar-refractivity contribution in [1.29, 1.82) is 0 Å². The van der Waals surface area contributed by atoms with E-state index in [4.69, 9.17) is 0 Å². The van der Waals surface area contributed by atoms with Gasteiger partial charge in [-0.1, -0.05) is 26.8 Å². The Morgan fingerprint density at radius 1 is 1.60 bits per heavy atom. The topological polar surface area (TPSA) is 23.1 Å². The first-order valence-corrected chi connectivity index (χ1v) is 5.05. The quantitative estimate of drug-likeness (QED) is 0.566. The molecule has 0 N–H and O–H groups in total. The molecule has 0 amide bonds. The maximum absolute atomic E-state index is 11.1. The van der Waals surface area contributed by atoms with E-state index >= 15 is 0 Å². The second kappa shape index (κ2) is 5.81. The van der Waals surface area contributed by atoms with Crippen molar-refractivity contribution in [3.63, 3.8) is 0 Å².